The fraction of sp³-hybridized carbons (Fsp3) is 0.522. The van der Waals surface area contributed by atoms with Crippen LogP contribution in [0.2, 0.25) is 0 Å². The maximum Gasteiger partial charge on any atom is 0.261 e. The highest BCUT2D eigenvalue weighted by Gasteiger charge is 2.37. The van der Waals surface area contributed by atoms with Crippen LogP contribution in [0.4, 0.5) is 4.39 Å². The van der Waals surface area contributed by atoms with Crippen LogP contribution in [0.1, 0.15) is 57.9 Å². The molecule has 0 aliphatic heterocycles. The number of halogens is 1. The lowest BCUT2D eigenvalue weighted by Crippen LogP contribution is -2.23. The number of amides is 1. The van der Waals surface area contributed by atoms with Crippen LogP contribution in [-0.2, 0) is 13.0 Å². The highest BCUT2D eigenvalue weighted by Crippen LogP contribution is 2.48. The Kier molecular flexibility index (Phi) is 6.83. The van der Waals surface area contributed by atoms with Crippen molar-refractivity contribution >= 4 is 17.2 Å². The maximum absolute atomic E-state index is 13.0. The van der Waals surface area contributed by atoms with Crippen molar-refractivity contribution < 1.29 is 18.7 Å². The van der Waals surface area contributed by atoms with Crippen LogP contribution in [0.5, 0.6) is 11.5 Å². The minimum Gasteiger partial charge on any atom is -0.496 e. The Morgan fingerprint density at radius 1 is 1.38 bits per heavy atom. The second-order valence-corrected chi connectivity index (χ2v) is 9.25. The number of aryl methyl sites for hydroxylation is 1. The van der Waals surface area contributed by atoms with Crippen molar-refractivity contribution in [3.8, 4) is 11.5 Å². The number of ether oxygens (including phenoxy) is 2. The van der Waals surface area contributed by atoms with Crippen molar-refractivity contribution in [1.29, 1.82) is 0 Å². The van der Waals surface area contributed by atoms with Crippen molar-refractivity contribution in [1.82, 2.24) is 5.32 Å². The predicted molar refractivity (Wildman–Crippen MR) is 115 cm³/mol. The van der Waals surface area contributed by atoms with E-state index in [1.807, 2.05) is 6.07 Å². The highest BCUT2D eigenvalue weighted by atomic mass is 32.1. The third-order valence-electron chi connectivity index (χ3n) is 5.67. The molecule has 0 fully saturated rings. The number of nitrogens with one attached hydrogen (secondary N) is 1. The van der Waals surface area contributed by atoms with Gasteiger partial charge < -0.3 is 14.8 Å². The number of benzene rings is 1. The molecular weight excluding hydrogens is 389 g/mol. The SMILES string of the molecule is COc1cc(OCCF)ccc1CNC(=O)c1sc(C)c2c1C[C@@H](C)[C@H]2C(C)C. The van der Waals surface area contributed by atoms with Crippen LogP contribution in [0.3, 0.4) is 0 Å². The second kappa shape index (κ2) is 9.16. The first-order valence-electron chi connectivity index (χ1n) is 10.1. The first-order chi connectivity index (χ1) is 13.9. The molecule has 0 unspecified atom stereocenters. The van der Waals surface area contributed by atoms with E-state index in [2.05, 4.69) is 33.0 Å². The molecule has 1 N–H and O–H groups in total. The van der Waals surface area contributed by atoms with Gasteiger partial charge >= 0.3 is 0 Å². The van der Waals surface area contributed by atoms with Crippen LogP contribution >= 0.6 is 11.3 Å². The zero-order chi connectivity index (χ0) is 21.1. The zero-order valence-electron chi connectivity index (χ0n) is 17.8. The van der Waals surface area contributed by atoms with E-state index in [0.29, 0.717) is 35.8 Å². The van der Waals surface area contributed by atoms with Crippen molar-refractivity contribution in [3.05, 3.63) is 44.6 Å². The standard InChI is InChI=1S/C23H30FNO3S/c1-13(2)20-14(3)10-18-21(20)15(4)29-22(18)23(26)25-12-16-6-7-17(28-9-8-24)11-19(16)27-5/h6-7,11,13-14,20H,8-10,12H2,1-5H3,(H,25,26)/t14-,20-/m1/s1. The summed E-state index contributed by atoms with van der Waals surface area (Å²) in [6.45, 7) is 8.78. The van der Waals surface area contributed by atoms with Gasteiger partial charge in [-0.1, -0.05) is 20.8 Å². The van der Waals surface area contributed by atoms with Gasteiger partial charge in [0, 0.05) is 23.1 Å². The summed E-state index contributed by atoms with van der Waals surface area (Å²) in [7, 11) is 1.57. The van der Waals surface area contributed by atoms with Gasteiger partial charge in [0.15, 0.2) is 0 Å². The average molecular weight is 420 g/mol. The number of methoxy groups -OCH3 is 1. The van der Waals surface area contributed by atoms with Crippen LogP contribution in [0.25, 0.3) is 0 Å². The molecule has 0 saturated carbocycles. The highest BCUT2D eigenvalue weighted by molar-refractivity contribution is 7.14. The van der Waals surface area contributed by atoms with Crippen LogP contribution < -0.4 is 14.8 Å². The number of carbonyl (C=O) groups excluding carboxylic acids is 1. The molecule has 1 aliphatic rings. The fourth-order valence-electron chi connectivity index (χ4n) is 4.52. The summed E-state index contributed by atoms with van der Waals surface area (Å²) in [6.07, 6.45) is 0.967. The molecule has 1 amide bonds. The number of hydrogen-bond acceptors (Lipinski definition) is 4. The Morgan fingerprint density at radius 3 is 2.79 bits per heavy atom. The molecule has 6 heteroatoms. The molecule has 29 heavy (non-hydrogen) atoms. The number of alkyl halides is 1. The van der Waals surface area contributed by atoms with Crippen molar-refractivity contribution in [2.24, 2.45) is 11.8 Å². The van der Waals surface area contributed by atoms with Gasteiger partial charge in [-0.2, -0.15) is 0 Å². The molecule has 0 saturated heterocycles. The monoisotopic (exact) mass is 419 g/mol. The minimum absolute atomic E-state index is 0.0118. The lowest BCUT2D eigenvalue weighted by Gasteiger charge is -2.21. The molecule has 158 valence electrons. The second-order valence-electron chi connectivity index (χ2n) is 8.02. The van der Waals surface area contributed by atoms with Gasteiger partial charge in [0.25, 0.3) is 5.91 Å². The van der Waals surface area contributed by atoms with Crippen LogP contribution in [0.15, 0.2) is 18.2 Å². The normalized spacial score (nSPS) is 18.0. The van der Waals surface area contributed by atoms with E-state index in [1.165, 1.54) is 16.0 Å². The van der Waals surface area contributed by atoms with E-state index in [1.54, 1.807) is 30.6 Å². The predicted octanol–water partition coefficient (Wildman–Crippen LogP) is 5.28. The lowest BCUT2D eigenvalue weighted by molar-refractivity contribution is 0.0954. The molecule has 0 spiro atoms. The maximum atomic E-state index is 13.0. The van der Waals surface area contributed by atoms with Crippen LogP contribution in [-0.4, -0.2) is 26.3 Å². The van der Waals surface area contributed by atoms with E-state index in [9.17, 15) is 9.18 Å². The lowest BCUT2D eigenvalue weighted by atomic mass is 9.84. The largest absolute Gasteiger partial charge is 0.496 e. The number of fused-ring (bicyclic) bond motifs is 1. The topological polar surface area (TPSA) is 47.6 Å². The molecule has 3 rings (SSSR count). The van der Waals surface area contributed by atoms with Crippen LogP contribution in [0, 0.1) is 18.8 Å². The quantitative estimate of drug-likeness (QED) is 0.634. The molecule has 2 atom stereocenters. The molecule has 0 bridgehead atoms. The van der Waals surface area contributed by atoms with E-state index in [-0.39, 0.29) is 12.5 Å². The molecule has 1 aliphatic carbocycles. The van der Waals surface area contributed by atoms with Gasteiger partial charge in [0.05, 0.1) is 12.0 Å². The number of rotatable bonds is 8. The Labute approximate surface area is 176 Å². The Bertz CT molecular complexity index is 877. The van der Waals surface area contributed by atoms with Crippen molar-refractivity contribution in [2.75, 3.05) is 20.4 Å². The molecule has 4 nitrogen and oxygen atoms in total. The number of hydrogen-bond donors (Lipinski definition) is 1. The molecule has 1 aromatic carbocycles. The first kappa shape index (κ1) is 21.6. The smallest absolute Gasteiger partial charge is 0.261 e. The molecular formula is C23H30FNO3S. The Morgan fingerprint density at radius 2 is 2.14 bits per heavy atom. The number of thiophene rings is 1. The summed E-state index contributed by atoms with van der Waals surface area (Å²) < 4.78 is 23.0. The van der Waals surface area contributed by atoms with Gasteiger partial charge in [-0.15, -0.1) is 11.3 Å². The molecule has 1 aromatic heterocycles. The summed E-state index contributed by atoms with van der Waals surface area (Å²) in [6, 6.07) is 5.33. The van der Waals surface area contributed by atoms with Crippen molar-refractivity contribution in [3.63, 3.8) is 0 Å². The Balaban J connectivity index is 1.74. The summed E-state index contributed by atoms with van der Waals surface area (Å²) >= 11 is 1.61. The molecule has 0 radical (unpaired) electrons. The molecule has 2 aromatic rings. The minimum atomic E-state index is -0.541. The average Bonchev–Trinajstić information content (AvgIpc) is 3.20. The van der Waals surface area contributed by atoms with E-state index in [4.69, 9.17) is 9.47 Å². The summed E-state index contributed by atoms with van der Waals surface area (Å²) in [5, 5.41) is 3.05. The summed E-state index contributed by atoms with van der Waals surface area (Å²) in [5.74, 6) is 2.79. The summed E-state index contributed by atoms with van der Waals surface area (Å²) in [5.41, 5.74) is 3.49. The van der Waals surface area contributed by atoms with E-state index >= 15 is 0 Å². The summed E-state index contributed by atoms with van der Waals surface area (Å²) in [4.78, 5) is 15.1. The Hall–Kier alpha value is -2.08. The molecule has 1 heterocycles. The fourth-order valence-corrected chi connectivity index (χ4v) is 5.68. The zero-order valence-corrected chi connectivity index (χ0v) is 18.6. The van der Waals surface area contributed by atoms with E-state index < -0.39 is 6.67 Å². The van der Waals surface area contributed by atoms with E-state index in [0.717, 1.165) is 16.9 Å². The third-order valence-corrected chi connectivity index (χ3v) is 6.84. The van der Waals surface area contributed by atoms with Gasteiger partial charge in [-0.05, 0) is 54.4 Å². The van der Waals surface area contributed by atoms with Gasteiger partial charge in [-0.3, -0.25) is 4.79 Å². The van der Waals surface area contributed by atoms with Gasteiger partial charge in [-0.25, -0.2) is 4.39 Å². The van der Waals surface area contributed by atoms with Crippen molar-refractivity contribution in [2.45, 2.75) is 46.6 Å². The number of carbonyl (C=O) groups is 1. The van der Waals surface area contributed by atoms with Gasteiger partial charge in [0.2, 0.25) is 0 Å². The van der Waals surface area contributed by atoms with Gasteiger partial charge in [0.1, 0.15) is 24.8 Å². The first-order valence-corrected chi connectivity index (χ1v) is 10.9. The third kappa shape index (κ3) is 4.42.